The highest BCUT2D eigenvalue weighted by Gasteiger charge is 2.45. The minimum atomic E-state index is -0.817. The fraction of sp³-hybridized carbons (Fsp3) is 0.385. The van der Waals surface area contributed by atoms with Gasteiger partial charge in [-0.05, 0) is 62.1 Å². The van der Waals surface area contributed by atoms with Gasteiger partial charge in [-0.2, -0.15) is 0 Å². The summed E-state index contributed by atoms with van der Waals surface area (Å²) in [5, 5.41) is 3.13. The molecule has 182 valence electrons. The molecule has 1 heterocycles. The average Bonchev–Trinajstić information content (AvgIpc) is 3.25. The fourth-order valence-corrected chi connectivity index (χ4v) is 4.64. The van der Waals surface area contributed by atoms with Gasteiger partial charge in [-0.15, -0.1) is 0 Å². The molecule has 0 saturated heterocycles. The van der Waals surface area contributed by atoms with Crippen molar-refractivity contribution in [3.8, 4) is 0 Å². The van der Waals surface area contributed by atoms with E-state index in [2.05, 4.69) is 10.1 Å². The first-order valence-electron chi connectivity index (χ1n) is 11.5. The maximum atomic E-state index is 14.9. The van der Waals surface area contributed by atoms with Gasteiger partial charge in [0.15, 0.2) is 0 Å². The molecule has 1 N–H and O–H groups in total. The molecule has 34 heavy (non-hydrogen) atoms. The lowest BCUT2D eigenvalue weighted by molar-refractivity contribution is 0.119. The van der Waals surface area contributed by atoms with Crippen LogP contribution < -0.4 is 5.32 Å². The van der Waals surface area contributed by atoms with Crippen LogP contribution in [0.25, 0.3) is 5.57 Å². The first-order valence-corrected chi connectivity index (χ1v) is 11.8. The predicted octanol–water partition coefficient (Wildman–Crippen LogP) is 5.67. The Bertz CT molecular complexity index is 1040. The number of benzene rings is 2. The Morgan fingerprint density at radius 3 is 2.53 bits per heavy atom. The number of rotatable bonds is 8. The monoisotopic (exact) mass is 487 g/mol. The number of carbonyl (C=O) groups is 2. The Kier molecular flexibility index (Phi) is 8.56. The van der Waals surface area contributed by atoms with E-state index in [1.54, 1.807) is 11.0 Å². The number of urea groups is 1. The van der Waals surface area contributed by atoms with Gasteiger partial charge in [0.1, 0.15) is 5.82 Å². The van der Waals surface area contributed by atoms with Crippen LogP contribution in [0.2, 0.25) is 5.02 Å². The molecule has 0 bridgehead atoms. The molecule has 0 aromatic heterocycles. The molecule has 0 saturated carbocycles. The molecule has 0 radical (unpaired) electrons. The summed E-state index contributed by atoms with van der Waals surface area (Å²) >= 11 is 6.19. The zero-order valence-corrected chi connectivity index (χ0v) is 20.6. The maximum absolute atomic E-state index is 14.9. The number of amides is 3. The smallest absolute Gasteiger partial charge is 0.406 e. The molecule has 6 nitrogen and oxygen atoms in total. The van der Waals surface area contributed by atoms with Crippen molar-refractivity contribution in [3.63, 3.8) is 0 Å². The SMILES string of the molecule is CCN(CC)C(=O)N1CC(c2cc(Cl)ccc2F)=CC1(CCCNC(=O)OC)c1ccccc1. The molecular formula is C26H31ClFN3O3. The number of hydrogen-bond acceptors (Lipinski definition) is 3. The molecule has 0 aliphatic carbocycles. The molecule has 0 fully saturated rings. The largest absolute Gasteiger partial charge is 0.453 e. The van der Waals surface area contributed by atoms with E-state index in [0.29, 0.717) is 48.6 Å². The minimum absolute atomic E-state index is 0.122. The van der Waals surface area contributed by atoms with Crippen molar-refractivity contribution in [2.75, 3.05) is 33.3 Å². The standard InChI is InChI=1S/C26H31ClFN3O3/c1-4-30(5-2)25(33)31-18-19(22-16-21(27)12-13-23(22)28)17-26(31,20-10-7-6-8-11-20)14-9-15-29-24(32)34-3/h6-8,10-13,16-17H,4-5,9,14-15,18H2,1-3H3,(H,29,32). The first kappa shape index (κ1) is 25.6. The van der Waals surface area contributed by atoms with Gasteiger partial charge in [-0.3, -0.25) is 0 Å². The Hall–Kier alpha value is -3.06. The summed E-state index contributed by atoms with van der Waals surface area (Å²) in [5.41, 5.74) is 1.19. The number of hydrogen-bond donors (Lipinski definition) is 1. The second kappa shape index (κ2) is 11.4. The molecule has 1 aliphatic rings. The van der Waals surface area contributed by atoms with Crippen molar-refractivity contribution in [2.24, 2.45) is 0 Å². The highest BCUT2D eigenvalue weighted by Crippen LogP contribution is 2.44. The lowest BCUT2D eigenvalue weighted by Gasteiger charge is -2.41. The van der Waals surface area contributed by atoms with E-state index in [9.17, 15) is 14.0 Å². The van der Waals surface area contributed by atoms with Crippen LogP contribution in [0.5, 0.6) is 0 Å². The van der Waals surface area contributed by atoms with Crippen LogP contribution in [0.15, 0.2) is 54.6 Å². The van der Waals surface area contributed by atoms with Gasteiger partial charge >= 0.3 is 12.1 Å². The summed E-state index contributed by atoms with van der Waals surface area (Å²) in [4.78, 5) is 28.8. The van der Waals surface area contributed by atoms with E-state index < -0.39 is 11.6 Å². The summed E-state index contributed by atoms with van der Waals surface area (Å²) in [6.45, 7) is 5.61. The molecular weight excluding hydrogens is 457 g/mol. The van der Waals surface area contributed by atoms with E-state index in [0.717, 1.165) is 5.56 Å². The van der Waals surface area contributed by atoms with Gasteiger partial charge in [0.05, 0.1) is 12.6 Å². The number of ether oxygens (including phenoxy) is 1. The van der Waals surface area contributed by atoms with Crippen LogP contribution in [-0.4, -0.2) is 55.2 Å². The van der Waals surface area contributed by atoms with Crippen LogP contribution >= 0.6 is 11.6 Å². The van der Waals surface area contributed by atoms with Crippen LogP contribution in [0.1, 0.15) is 37.8 Å². The van der Waals surface area contributed by atoms with Crippen LogP contribution in [-0.2, 0) is 10.3 Å². The quantitative estimate of drug-likeness (QED) is 0.488. The third kappa shape index (κ3) is 5.36. The van der Waals surface area contributed by atoms with Gasteiger partial charge in [0.25, 0.3) is 0 Å². The van der Waals surface area contributed by atoms with Crippen molar-refractivity contribution in [2.45, 2.75) is 32.2 Å². The molecule has 2 aromatic rings. The predicted molar refractivity (Wildman–Crippen MR) is 132 cm³/mol. The average molecular weight is 488 g/mol. The normalized spacial score (nSPS) is 17.3. The van der Waals surface area contributed by atoms with Crippen LogP contribution in [0.4, 0.5) is 14.0 Å². The number of alkyl carbamates (subject to hydrolysis) is 1. The number of nitrogens with one attached hydrogen (secondary N) is 1. The van der Waals surface area contributed by atoms with Crippen molar-refractivity contribution in [3.05, 3.63) is 76.6 Å². The number of methoxy groups -OCH3 is 1. The molecule has 8 heteroatoms. The maximum Gasteiger partial charge on any atom is 0.406 e. The van der Waals surface area contributed by atoms with Gasteiger partial charge in [-0.25, -0.2) is 14.0 Å². The van der Waals surface area contributed by atoms with Crippen LogP contribution in [0.3, 0.4) is 0 Å². The lowest BCUT2D eigenvalue weighted by Crippen LogP contribution is -2.51. The highest BCUT2D eigenvalue weighted by atomic mass is 35.5. The third-order valence-electron chi connectivity index (χ3n) is 6.23. The molecule has 1 atom stereocenters. The Morgan fingerprint density at radius 2 is 1.88 bits per heavy atom. The minimum Gasteiger partial charge on any atom is -0.453 e. The summed E-state index contributed by atoms with van der Waals surface area (Å²) < 4.78 is 19.5. The highest BCUT2D eigenvalue weighted by molar-refractivity contribution is 6.30. The zero-order valence-electron chi connectivity index (χ0n) is 19.8. The third-order valence-corrected chi connectivity index (χ3v) is 6.46. The van der Waals surface area contributed by atoms with Gasteiger partial charge in [0, 0.05) is 36.8 Å². The van der Waals surface area contributed by atoms with Crippen molar-refractivity contribution >= 4 is 29.3 Å². The molecule has 3 amide bonds. The fourth-order valence-electron chi connectivity index (χ4n) is 4.47. The Morgan fingerprint density at radius 1 is 1.18 bits per heavy atom. The topological polar surface area (TPSA) is 61.9 Å². The second-order valence-electron chi connectivity index (χ2n) is 8.15. The molecule has 2 aromatic carbocycles. The van der Waals surface area contributed by atoms with E-state index in [1.807, 2.05) is 55.2 Å². The number of halogens is 2. The van der Waals surface area contributed by atoms with E-state index in [1.165, 1.54) is 19.2 Å². The number of nitrogens with zero attached hydrogens (tertiary/aromatic N) is 2. The van der Waals surface area contributed by atoms with E-state index in [4.69, 9.17) is 11.6 Å². The van der Waals surface area contributed by atoms with E-state index in [-0.39, 0.29) is 18.4 Å². The lowest BCUT2D eigenvalue weighted by atomic mass is 9.84. The van der Waals surface area contributed by atoms with E-state index >= 15 is 0 Å². The molecule has 1 unspecified atom stereocenters. The molecule has 3 rings (SSSR count). The van der Waals surface area contributed by atoms with Crippen molar-refractivity contribution in [1.29, 1.82) is 0 Å². The number of carbonyl (C=O) groups excluding carboxylic acids is 2. The second-order valence-corrected chi connectivity index (χ2v) is 8.58. The first-order chi connectivity index (χ1) is 16.4. The van der Waals surface area contributed by atoms with Gasteiger partial charge < -0.3 is 19.9 Å². The zero-order chi connectivity index (χ0) is 24.7. The Labute approximate surface area is 205 Å². The molecule has 0 spiro atoms. The van der Waals surface area contributed by atoms with Gasteiger partial charge in [-0.1, -0.05) is 41.9 Å². The summed E-state index contributed by atoms with van der Waals surface area (Å²) in [6, 6.07) is 14.1. The van der Waals surface area contributed by atoms with Crippen molar-refractivity contribution in [1.82, 2.24) is 15.1 Å². The molecule has 1 aliphatic heterocycles. The summed E-state index contributed by atoms with van der Waals surface area (Å²) in [7, 11) is 1.32. The van der Waals surface area contributed by atoms with Crippen molar-refractivity contribution < 1.29 is 18.7 Å². The Balaban J connectivity index is 2.09. The van der Waals surface area contributed by atoms with Gasteiger partial charge in [0.2, 0.25) is 0 Å². The summed E-state index contributed by atoms with van der Waals surface area (Å²) in [5.74, 6) is -0.387. The van der Waals surface area contributed by atoms with Crippen LogP contribution in [0, 0.1) is 5.82 Å². The summed E-state index contributed by atoms with van der Waals surface area (Å²) in [6.07, 6.45) is 2.58.